The van der Waals surface area contributed by atoms with Crippen LogP contribution in [0.1, 0.15) is 41.4 Å². The van der Waals surface area contributed by atoms with E-state index >= 15 is 0 Å². The van der Waals surface area contributed by atoms with Gasteiger partial charge in [0.1, 0.15) is 4.90 Å². The Balaban J connectivity index is 1.93. The molecule has 1 aliphatic rings. The van der Waals surface area contributed by atoms with Crippen LogP contribution in [0.2, 0.25) is 0 Å². The van der Waals surface area contributed by atoms with E-state index in [0.29, 0.717) is 18.2 Å². The van der Waals surface area contributed by atoms with Gasteiger partial charge in [0, 0.05) is 31.5 Å². The van der Waals surface area contributed by atoms with E-state index in [1.165, 1.54) is 12.5 Å². The number of sulfone groups is 1. The van der Waals surface area contributed by atoms with E-state index in [1.54, 1.807) is 0 Å². The molecule has 1 N–H and O–H groups in total. The van der Waals surface area contributed by atoms with Gasteiger partial charge in [0.25, 0.3) is 0 Å². The fraction of sp³-hybridized carbons (Fsp3) is 0.526. The van der Waals surface area contributed by atoms with Gasteiger partial charge in [0.05, 0.1) is 24.1 Å². The van der Waals surface area contributed by atoms with Crippen molar-refractivity contribution >= 4 is 15.8 Å². The zero-order valence-corrected chi connectivity index (χ0v) is 17.2. The van der Waals surface area contributed by atoms with Crippen LogP contribution in [0.4, 0.5) is 5.95 Å². The number of hydrogen-bond donors (Lipinski definition) is 1. The summed E-state index contributed by atoms with van der Waals surface area (Å²) in [4.78, 5) is 15.7. The van der Waals surface area contributed by atoms with Crippen molar-refractivity contribution < 1.29 is 8.42 Å². The molecule has 146 valence electrons. The molecule has 0 spiro atoms. The minimum absolute atomic E-state index is 0.0814. The molecule has 2 aromatic heterocycles. The van der Waals surface area contributed by atoms with E-state index in [4.69, 9.17) is 0 Å². The lowest BCUT2D eigenvalue weighted by Gasteiger charge is -2.25. The van der Waals surface area contributed by atoms with Crippen molar-refractivity contribution in [1.29, 1.82) is 0 Å². The van der Waals surface area contributed by atoms with Gasteiger partial charge in [-0.1, -0.05) is 0 Å². The Kier molecular flexibility index (Phi) is 5.76. The summed E-state index contributed by atoms with van der Waals surface area (Å²) in [5.41, 5.74) is 3.69. The smallest absolute Gasteiger partial charge is 0.225 e. The maximum atomic E-state index is 12.2. The Bertz CT molecular complexity index is 903. The normalized spacial score (nSPS) is 17.7. The number of nitrogens with zero attached hydrogens (tertiary/aromatic N) is 4. The SMILES string of the molecule is Cc1cc(C)nc(CN(C)c2ncc(S(C)(=O)=O)c(C3CCCNC3)n2)c1. The molecule has 0 amide bonds. The number of hydrogen-bond acceptors (Lipinski definition) is 7. The van der Waals surface area contributed by atoms with Crippen LogP contribution in [0, 0.1) is 13.8 Å². The highest BCUT2D eigenvalue weighted by atomic mass is 32.2. The first-order valence-electron chi connectivity index (χ1n) is 9.17. The van der Waals surface area contributed by atoms with Gasteiger partial charge in [0.15, 0.2) is 9.84 Å². The van der Waals surface area contributed by atoms with Gasteiger partial charge in [-0.05, 0) is 50.9 Å². The molecule has 0 bridgehead atoms. The van der Waals surface area contributed by atoms with Crippen LogP contribution in [-0.4, -0.2) is 49.8 Å². The molecule has 0 saturated carbocycles. The summed E-state index contributed by atoms with van der Waals surface area (Å²) in [5, 5.41) is 3.33. The zero-order valence-electron chi connectivity index (χ0n) is 16.4. The molecule has 1 saturated heterocycles. The summed E-state index contributed by atoms with van der Waals surface area (Å²) in [6, 6.07) is 4.08. The van der Waals surface area contributed by atoms with Gasteiger partial charge in [-0.25, -0.2) is 18.4 Å². The second-order valence-corrected chi connectivity index (χ2v) is 9.35. The Morgan fingerprint density at radius 2 is 2.04 bits per heavy atom. The second-order valence-electron chi connectivity index (χ2n) is 7.37. The predicted octanol–water partition coefficient (Wildman–Crippen LogP) is 2.00. The number of aromatic nitrogens is 3. The van der Waals surface area contributed by atoms with Crippen LogP contribution in [-0.2, 0) is 16.4 Å². The molecule has 1 atom stereocenters. The molecule has 1 unspecified atom stereocenters. The number of piperidine rings is 1. The Morgan fingerprint density at radius 1 is 1.26 bits per heavy atom. The molecule has 1 aliphatic heterocycles. The molecule has 0 aromatic carbocycles. The standard InChI is InChI=1S/C19H27N5O2S/c1-13-8-14(2)22-16(9-13)12-24(3)19-21-11-17(27(4,25)26)18(23-19)15-6-5-7-20-10-15/h8-9,11,15,20H,5-7,10,12H2,1-4H3. The topological polar surface area (TPSA) is 88.1 Å². The fourth-order valence-electron chi connectivity index (χ4n) is 3.54. The van der Waals surface area contributed by atoms with E-state index < -0.39 is 9.84 Å². The summed E-state index contributed by atoms with van der Waals surface area (Å²) >= 11 is 0. The summed E-state index contributed by atoms with van der Waals surface area (Å²) in [6.45, 7) is 6.27. The first kappa shape index (κ1) is 19.7. The average molecular weight is 390 g/mol. The van der Waals surface area contributed by atoms with Crippen molar-refractivity contribution in [3.63, 3.8) is 0 Å². The van der Waals surface area contributed by atoms with Gasteiger partial charge in [-0.3, -0.25) is 4.98 Å². The average Bonchev–Trinajstić information content (AvgIpc) is 2.60. The molecule has 0 radical (unpaired) electrons. The predicted molar refractivity (Wildman–Crippen MR) is 106 cm³/mol. The van der Waals surface area contributed by atoms with E-state index in [-0.39, 0.29) is 10.8 Å². The number of nitrogens with one attached hydrogen (secondary N) is 1. The highest BCUT2D eigenvalue weighted by molar-refractivity contribution is 7.90. The van der Waals surface area contributed by atoms with Crippen molar-refractivity contribution in [2.75, 3.05) is 31.3 Å². The largest absolute Gasteiger partial charge is 0.338 e. The number of aryl methyl sites for hydroxylation is 2. The van der Waals surface area contributed by atoms with Gasteiger partial charge in [0.2, 0.25) is 5.95 Å². The Hall–Kier alpha value is -2.06. The minimum atomic E-state index is -3.38. The van der Waals surface area contributed by atoms with Gasteiger partial charge in [-0.2, -0.15) is 0 Å². The molecular weight excluding hydrogens is 362 g/mol. The first-order valence-corrected chi connectivity index (χ1v) is 11.1. The van der Waals surface area contributed by atoms with Gasteiger partial charge in [-0.15, -0.1) is 0 Å². The van der Waals surface area contributed by atoms with Crippen LogP contribution in [0.5, 0.6) is 0 Å². The lowest BCUT2D eigenvalue weighted by Crippen LogP contribution is -2.30. The van der Waals surface area contributed by atoms with E-state index in [1.807, 2.05) is 37.9 Å². The third-order valence-corrected chi connectivity index (χ3v) is 5.86. The highest BCUT2D eigenvalue weighted by Gasteiger charge is 2.26. The third-order valence-electron chi connectivity index (χ3n) is 4.74. The zero-order chi connectivity index (χ0) is 19.6. The lowest BCUT2D eigenvalue weighted by molar-refractivity contribution is 0.447. The third kappa shape index (κ3) is 4.81. The summed E-state index contributed by atoms with van der Waals surface area (Å²) in [6.07, 6.45) is 4.60. The van der Waals surface area contributed by atoms with Crippen LogP contribution < -0.4 is 10.2 Å². The van der Waals surface area contributed by atoms with Crippen molar-refractivity contribution in [2.24, 2.45) is 0 Å². The summed E-state index contributed by atoms with van der Waals surface area (Å²) in [7, 11) is -1.48. The molecule has 3 heterocycles. The number of pyridine rings is 1. The molecule has 3 rings (SSSR count). The Morgan fingerprint density at radius 3 is 2.67 bits per heavy atom. The van der Waals surface area contributed by atoms with Gasteiger partial charge < -0.3 is 10.2 Å². The lowest BCUT2D eigenvalue weighted by atomic mass is 9.96. The van der Waals surface area contributed by atoms with Crippen molar-refractivity contribution in [2.45, 2.75) is 44.0 Å². The van der Waals surface area contributed by atoms with E-state index in [2.05, 4.69) is 20.3 Å². The Labute approximate surface area is 161 Å². The van der Waals surface area contributed by atoms with E-state index in [0.717, 1.165) is 42.9 Å². The first-order chi connectivity index (χ1) is 12.7. The molecule has 8 heteroatoms. The van der Waals surface area contributed by atoms with Crippen LogP contribution in [0.15, 0.2) is 23.2 Å². The maximum absolute atomic E-state index is 12.2. The van der Waals surface area contributed by atoms with Crippen LogP contribution in [0.3, 0.4) is 0 Å². The van der Waals surface area contributed by atoms with Crippen molar-refractivity contribution in [3.8, 4) is 0 Å². The number of anilines is 1. The molecule has 27 heavy (non-hydrogen) atoms. The fourth-order valence-corrected chi connectivity index (χ4v) is 4.38. The molecule has 1 fully saturated rings. The molecule has 0 aliphatic carbocycles. The number of rotatable bonds is 5. The summed E-state index contributed by atoms with van der Waals surface area (Å²) in [5.74, 6) is 0.599. The molecule has 2 aromatic rings. The molecule has 7 nitrogen and oxygen atoms in total. The minimum Gasteiger partial charge on any atom is -0.338 e. The van der Waals surface area contributed by atoms with Crippen LogP contribution >= 0.6 is 0 Å². The second kappa shape index (κ2) is 7.90. The monoisotopic (exact) mass is 389 g/mol. The maximum Gasteiger partial charge on any atom is 0.225 e. The van der Waals surface area contributed by atoms with Gasteiger partial charge >= 0.3 is 0 Å². The summed E-state index contributed by atoms with van der Waals surface area (Å²) < 4.78 is 24.4. The van der Waals surface area contributed by atoms with E-state index in [9.17, 15) is 8.42 Å². The van der Waals surface area contributed by atoms with Crippen molar-refractivity contribution in [1.82, 2.24) is 20.3 Å². The molecular formula is C19H27N5O2S. The quantitative estimate of drug-likeness (QED) is 0.837. The van der Waals surface area contributed by atoms with Crippen LogP contribution in [0.25, 0.3) is 0 Å². The van der Waals surface area contributed by atoms with Crippen molar-refractivity contribution in [3.05, 3.63) is 41.0 Å². The highest BCUT2D eigenvalue weighted by Crippen LogP contribution is 2.28.